The third kappa shape index (κ3) is 5.19. The molecule has 1 aromatic carbocycles. The van der Waals surface area contributed by atoms with Gasteiger partial charge in [0, 0.05) is 28.2 Å². The molecular weight excluding hydrogens is 407 g/mol. The van der Waals surface area contributed by atoms with Gasteiger partial charge in [-0.25, -0.2) is 0 Å². The number of benzene rings is 1. The average molecular weight is 426 g/mol. The lowest BCUT2D eigenvalue weighted by Gasteiger charge is -2.25. The minimum atomic E-state index is 0.213. The second-order valence-electron chi connectivity index (χ2n) is 5.11. The third-order valence-electron chi connectivity index (χ3n) is 3.25. The molecule has 1 atom stereocenters. The number of hydrogen-bond acceptors (Lipinski definition) is 3. The molecule has 2 rings (SSSR count). The van der Waals surface area contributed by atoms with Gasteiger partial charge < -0.3 is 15.5 Å². The molecule has 116 valence electrons. The monoisotopic (exact) mass is 426 g/mol. The summed E-state index contributed by atoms with van der Waals surface area (Å²) in [6.07, 6.45) is 3.68. The maximum Gasteiger partial charge on any atom is 0.170 e. The van der Waals surface area contributed by atoms with E-state index in [1.54, 1.807) is 6.20 Å². The van der Waals surface area contributed by atoms with Crippen LogP contribution in [0.2, 0.25) is 0 Å². The zero-order chi connectivity index (χ0) is 15.9. The number of halogens is 1. The van der Waals surface area contributed by atoms with Crippen molar-refractivity contribution in [2.75, 3.05) is 26.0 Å². The number of thiocarbonyl (C=S) groups is 1. The van der Waals surface area contributed by atoms with Crippen LogP contribution in [0.15, 0.2) is 48.8 Å². The van der Waals surface area contributed by atoms with Crippen LogP contribution in [-0.2, 0) is 0 Å². The van der Waals surface area contributed by atoms with Crippen molar-refractivity contribution >= 4 is 45.6 Å². The summed E-state index contributed by atoms with van der Waals surface area (Å²) in [7, 11) is 4.10. The minimum Gasteiger partial charge on any atom is -0.361 e. The zero-order valence-electron chi connectivity index (χ0n) is 12.6. The van der Waals surface area contributed by atoms with Crippen LogP contribution >= 0.6 is 34.8 Å². The zero-order valence-corrected chi connectivity index (χ0v) is 15.6. The van der Waals surface area contributed by atoms with Crippen LogP contribution in [0.1, 0.15) is 11.6 Å². The highest BCUT2D eigenvalue weighted by atomic mass is 127. The lowest BCUT2D eigenvalue weighted by atomic mass is 10.1. The molecule has 0 radical (unpaired) electrons. The Morgan fingerprint density at radius 2 is 2.00 bits per heavy atom. The molecule has 0 bridgehead atoms. The Labute approximate surface area is 150 Å². The Bertz CT molecular complexity index is 601. The molecular formula is C16H19IN4S. The van der Waals surface area contributed by atoms with Gasteiger partial charge in [-0.3, -0.25) is 4.98 Å². The topological polar surface area (TPSA) is 40.2 Å². The SMILES string of the molecule is CN(C)[C@@H](CNC(=S)Nc1ccc(I)cc1)c1cccnc1. The van der Waals surface area contributed by atoms with Gasteiger partial charge in [-0.1, -0.05) is 6.07 Å². The van der Waals surface area contributed by atoms with Crippen molar-refractivity contribution in [1.29, 1.82) is 0 Å². The van der Waals surface area contributed by atoms with E-state index in [0.29, 0.717) is 5.11 Å². The molecule has 0 saturated carbocycles. The largest absolute Gasteiger partial charge is 0.361 e. The maximum absolute atomic E-state index is 5.37. The van der Waals surface area contributed by atoms with Crippen molar-refractivity contribution < 1.29 is 0 Å². The van der Waals surface area contributed by atoms with Crippen molar-refractivity contribution in [3.8, 4) is 0 Å². The summed E-state index contributed by atoms with van der Waals surface area (Å²) in [4.78, 5) is 6.34. The molecule has 2 aromatic rings. The first kappa shape index (κ1) is 17.1. The molecule has 0 aliphatic heterocycles. The molecule has 0 unspecified atom stereocenters. The Balaban J connectivity index is 1.92. The molecule has 1 aromatic heterocycles. The molecule has 0 aliphatic rings. The summed E-state index contributed by atoms with van der Waals surface area (Å²) in [5.41, 5.74) is 2.15. The van der Waals surface area contributed by atoms with E-state index < -0.39 is 0 Å². The summed E-state index contributed by atoms with van der Waals surface area (Å²) in [5, 5.41) is 7.09. The van der Waals surface area contributed by atoms with E-state index >= 15 is 0 Å². The molecule has 6 heteroatoms. The highest BCUT2D eigenvalue weighted by Crippen LogP contribution is 2.16. The number of nitrogens with one attached hydrogen (secondary N) is 2. The number of anilines is 1. The molecule has 0 saturated heterocycles. The van der Waals surface area contributed by atoms with Gasteiger partial charge in [0.2, 0.25) is 0 Å². The number of likely N-dealkylation sites (N-methyl/N-ethyl adjacent to an activating group) is 1. The van der Waals surface area contributed by atoms with E-state index in [-0.39, 0.29) is 6.04 Å². The van der Waals surface area contributed by atoms with Crippen LogP contribution in [0.4, 0.5) is 5.69 Å². The first-order chi connectivity index (χ1) is 10.6. The standard InChI is InChI=1S/C16H19IN4S/c1-21(2)15(12-4-3-9-18-10-12)11-19-16(22)20-14-7-5-13(17)6-8-14/h3-10,15H,11H2,1-2H3,(H2,19,20,22)/t15-/m0/s1. The van der Waals surface area contributed by atoms with Crippen molar-refractivity contribution in [1.82, 2.24) is 15.2 Å². The second kappa shape index (κ2) is 8.40. The van der Waals surface area contributed by atoms with E-state index in [1.165, 1.54) is 3.57 Å². The normalized spacial score (nSPS) is 12.0. The molecule has 0 spiro atoms. The summed E-state index contributed by atoms with van der Waals surface area (Å²) in [5.74, 6) is 0. The van der Waals surface area contributed by atoms with Gasteiger partial charge in [-0.05, 0) is 84.8 Å². The van der Waals surface area contributed by atoms with Gasteiger partial charge in [0.1, 0.15) is 0 Å². The Morgan fingerprint density at radius 1 is 1.27 bits per heavy atom. The molecule has 22 heavy (non-hydrogen) atoms. The van der Waals surface area contributed by atoms with Crippen LogP contribution in [0.3, 0.4) is 0 Å². The van der Waals surface area contributed by atoms with E-state index in [1.807, 2.05) is 36.5 Å². The number of hydrogen-bond donors (Lipinski definition) is 2. The molecule has 1 heterocycles. The highest BCUT2D eigenvalue weighted by molar-refractivity contribution is 14.1. The van der Waals surface area contributed by atoms with E-state index in [2.05, 4.69) is 63.3 Å². The van der Waals surface area contributed by atoms with Crippen LogP contribution < -0.4 is 10.6 Å². The third-order valence-corrected chi connectivity index (χ3v) is 4.22. The van der Waals surface area contributed by atoms with E-state index in [0.717, 1.165) is 17.8 Å². The second-order valence-corrected chi connectivity index (χ2v) is 6.76. The van der Waals surface area contributed by atoms with Crippen LogP contribution in [-0.4, -0.2) is 35.6 Å². The molecule has 0 amide bonds. The quantitative estimate of drug-likeness (QED) is 0.568. The fraction of sp³-hybridized carbons (Fsp3) is 0.250. The lowest BCUT2D eigenvalue weighted by molar-refractivity contribution is 0.298. The molecule has 2 N–H and O–H groups in total. The summed E-state index contributed by atoms with van der Waals surface area (Å²) in [6, 6.07) is 12.4. The Hall–Kier alpha value is -1.25. The van der Waals surface area contributed by atoms with E-state index in [4.69, 9.17) is 12.2 Å². The average Bonchev–Trinajstić information content (AvgIpc) is 2.50. The van der Waals surface area contributed by atoms with Gasteiger partial charge in [0.05, 0.1) is 6.04 Å². The van der Waals surface area contributed by atoms with Gasteiger partial charge in [0.25, 0.3) is 0 Å². The number of rotatable bonds is 5. The predicted octanol–water partition coefficient (Wildman–Crippen LogP) is 3.28. The highest BCUT2D eigenvalue weighted by Gasteiger charge is 2.14. The fourth-order valence-electron chi connectivity index (χ4n) is 2.07. The number of pyridine rings is 1. The maximum atomic E-state index is 5.37. The number of nitrogens with zero attached hydrogens (tertiary/aromatic N) is 2. The van der Waals surface area contributed by atoms with Crippen LogP contribution in [0.25, 0.3) is 0 Å². The van der Waals surface area contributed by atoms with Crippen molar-refractivity contribution in [3.05, 3.63) is 57.9 Å². The van der Waals surface area contributed by atoms with Crippen molar-refractivity contribution in [2.45, 2.75) is 6.04 Å². The van der Waals surface area contributed by atoms with Crippen molar-refractivity contribution in [3.63, 3.8) is 0 Å². The molecule has 0 fully saturated rings. The minimum absolute atomic E-state index is 0.213. The number of aromatic nitrogens is 1. The van der Waals surface area contributed by atoms with Crippen LogP contribution in [0, 0.1) is 3.57 Å². The predicted molar refractivity (Wildman–Crippen MR) is 104 cm³/mol. The summed E-state index contributed by atoms with van der Waals surface area (Å²) >= 11 is 7.65. The first-order valence-corrected chi connectivity index (χ1v) is 8.41. The van der Waals surface area contributed by atoms with Gasteiger partial charge in [-0.15, -0.1) is 0 Å². The summed E-state index contributed by atoms with van der Waals surface area (Å²) < 4.78 is 1.20. The van der Waals surface area contributed by atoms with Gasteiger partial charge in [0.15, 0.2) is 5.11 Å². The molecule has 4 nitrogen and oxygen atoms in total. The van der Waals surface area contributed by atoms with Crippen molar-refractivity contribution in [2.24, 2.45) is 0 Å². The van der Waals surface area contributed by atoms with Gasteiger partial charge in [-0.2, -0.15) is 0 Å². The van der Waals surface area contributed by atoms with E-state index in [9.17, 15) is 0 Å². The first-order valence-electron chi connectivity index (χ1n) is 6.93. The van der Waals surface area contributed by atoms with Crippen LogP contribution in [0.5, 0.6) is 0 Å². The Morgan fingerprint density at radius 3 is 2.59 bits per heavy atom. The Kier molecular flexibility index (Phi) is 6.53. The van der Waals surface area contributed by atoms with Gasteiger partial charge >= 0.3 is 0 Å². The molecule has 0 aliphatic carbocycles. The smallest absolute Gasteiger partial charge is 0.170 e. The lowest BCUT2D eigenvalue weighted by Crippen LogP contribution is -2.36. The fourth-order valence-corrected chi connectivity index (χ4v) is 2.63. The summed E-state index contributed by atoms with van der Waals surface area (Å²) in [6.45, 7) is 0.717.